The summed E-state index contributed by atoms with van der Waals surface area (Å²) in [7, 11) is 0. The van der Waals surface area contributed by atoms with E-state index in [-0.39, 0.29) is 6.04 Å². The molecular formula is C16H19NO3. The number of fused-ring (bicyclic) bond motifs is 1. The Morgan fingerprint density at radius 3 is 2.70 bits per heavy atom. The third-order valence-electron chi connectivity index (χ3n) is 4.55. The van der Waals surface area contributed by atoms with Gasteiger partial charge in [-0.15, -0.1) is 0 Å². The van der Waals surface area contributed by atoms with Crippen LogP contribution in [0.3, 0.4) is 0 Å². The highest BCUT2D eigenvalue weighted by Crippen LogP contribution is 2.44. The van der Waals surface area contributed by atoms with Crippen molar-refractivity contribution in [2.45, 2.75) is 50.1 Å². The molecule has 1 amide bonds. The molecule has 4 heteroatoms. The van der Waals surface area contributed by atoms with E-state index in [0.29, 0.717) is 6.42 Å². The summed E-state index contributed by atoms with van der Waals surface area (Å²) < 4.78 is 0. The smallest absolute Gasteiger partial charge is 0.334 e. The lowest BCUT2D eigenvalue weighted by atomic mass is 9.82. The number of aryl methyl sites for hydroxylation is 1. The van der Waals surface area contributed by atoms with E-state index in [2.05, 4.69) is 0 Å². The largest absolute Gasteiger partial charge is 0.479 e. The number of rotatable bonds is 4. The number of carboxylic acid groups (broad SMARTS) is 1. The SMILES string of the molecule is O=CN(C1CC1)C1(C(=O)O)CCCCc2ccccc21. The predicted molar refractivity (Wildman–Crippen MR) is 74.2 cm³/mol. The second kappa shape index (κ2) is 4.93. The molecule has 1 fully saturated rings. The number of hydrogen-bond donors (Lipinski definition) is 1. The van der Waals surface area contributed by atoms with Crippen LogP contribution >= 0.6 is 0 Å². The zero-order chi connectivity index (χ0) is 14.2. The summed E-state index contributed by atoms with van der Waals surface area (Å²) in [5, 5.41) is 9.94. The number of aliphatic carboxylic acids is 1. The molecule has 20 heavy (non-hydrogen) atoms. The van der Waals surface area contributed by atoms with Gasteiger partial charge >= 0.3 is 5.97 Å². The van der Waals surface area contributed by atoms with Gasteiger partial charge in [0, 0.05) is 6.04 Å². The number of carbonyl (C=O) groups excluding carboxylic acids is 1. The van der Waals surface area contributed by atoms with E-state index in [0.717, 1.165) is 49.6 Å². The van der Waals surface area contributed by atoms with Gasteiger partial charge in [-0.05, 0) is 49.7 Å². The minimum Gasteiger partial charge on any atom is -0.479 e. The van der Waals surface area contributed by atoms with Crippen LogP contribution in [0.1, 0.15) is 43.2 Å². The molecule has 106 valence electrons. The molecule has 1 unspecified atom stereocenters. The fourth-order valence-electron chi connectivity index (χ4n) is 3.41. The molecule has 1 aromatic rings. The van der Waals surface area contributed by atoms with Crippen molar-refractivity contribution in [3.8, 4) is 0 Å². The highest BCUT2D eigenvalue weighted by Gasteiger charge is 2.51. The molecule has 0 spiro atoms. The first-order chi connectivity index (χ1) is 9.70. The summed E-state index contributed by atoms with van der Waals surface area (Å²) in [4.78, 5) is 25.3. The van der Waals surface area contributed by atoms with Gasteiger partial charge in [0.15, 0.2) is 5.54 Å². The van der Waals surface area contributed by atoms with Gasteiger partial charge in [0.1, 0.15) is 0 Å². The first-order valence-electron chi connectivity index (χ1n) is 7.25. The molecule has 2 aliphatic rings. The quantitative estimate of drug-likeness (QED) is 0.676. The fraction of sp³-hybridized carbons (Fsp3) is 0.500. The summed E-state index contributed by atoms with van der Waals surface area (Å²) in [6.45, 7) is 0. The molecule has 2 aliphatic carbocycles. The third kappa shape index (κ3) is 1.90. The molecule has 1 N–H and O–H groups in total. The Morgan fingerprint density at radius 2 is 2.05 bits per heavy atom. The Balaban J connectivity index is 2.18. The molecule has 0 heterocycles. The van der Waals surface area contributed by atoms with E-state index in [4.69, 9.17) is 0 Å². The van der Waals surface area contributed by atoms with Crippen molar-refractivity contribution < 1.29 is 14.7 Å². The normalized spacial score (nSPS) is 25.4. The highest BCUT2D eigenvalue weighted by atomic mass is 16.4. The second-order valence-corrected chi connectivity index (χ2v) is 5.77. The van der Waals surface area contributed by atoms with Crippen LogP contribution in [-0.2, 0) is 21.5 Å². The van der Waals surface area contributed by atoms with Crippen molar-refractivity contribution in [3.05, 3.63) is 35.4 Å². The molecule has 0 aliphatic heterocycles. The van der Waals surface area contributed by atoms with Crippen LogP contribution < -0.4 is 0 Å². The van der Waals surface area contributed by atoms with Crippen LogP contribution in [0.5, 0.6) is 0 Å². The van der Waals surface area contributed by atoms with Crippen molar-refractivity contribution in [1.29, 1.82) is 0 Å². The van der Waals surface area contributed by atoms with Crippen LogP contribution in [0.15, 0.2) is 24.3 Å². The fourth-order valence-corrected chi connectivity index (χ4v) is 3.41. The maximum atomic E-state index is 12.1. The molecule has 4 nitrogen and oxygen atoms in total. The lowest BCUT2D eigenvalue weighted by Gasteiger charge is -2.39. The van der Waals surface area contributed by atoms with Gasteiger partial charge in [-0.25, -0.2) is 4.79 Å². The van der Waals surface area contributed by atoms with Gasteiger partial charge in [-0.2, -0.15) is 0 Å². The van der Waals surface area contributed by atoms with Gasteiger partial charge in [0.05, 0.1) is 0 Å². The monoisotopic (exact) mass is 273 g/mol. The van der Waals surface area contributed by atoms with E-state index in [1.165, 1.54) is 0 Å². The van der Waals surface area contributed by atoms with Crippen LogP contribution in [-0.4, -0.2) is 28.4 Å². The van der Waals surface area contributed by atoms with Crippen molar-refractivity contribution >= 4 is 12.4 Å². The van der Waals surface area contributed by atoms with Gasteiger partial charge in [0.2, 0.25) is 6.41 Å². The van der Waals surface area contributed by atoms with E-state index in [9.17, 15) is 14.7 Å². The van der Waals surface area contributed by atoms with Crippen molar-refractivity contribution in [2.24, 2.45) is 0 Å². The maximum Gasteiger partial charge on any atom is 0.334 e. The molecular weight excluding hydrogens is 254 g/mol. The summed E-state index contributed by atoms with van der Waals surface area (Å²) >= 11 is 0. The minimum absolute atomic E-state index is 0.0924. The summed E-state index contributed by atoms with van der Waals surface area (Å²) in [5.41, 5.74) is 0.708. The van der Waals surface area contributed by atoms with Gasteiger partial charge in [0.25, 0.3) is 0 Å². The van der Waals surface area contributed by atoms with Crippen LogP contribution in [0, 0.1) is 0 Å². The van der Waals surface area contributed by atoms with Gasteiger partial charge in [-0.1, -0.05) is 24.3 Å². The lowest BCUT2D eigenvalue weighted by Crippen LogP contribution is -2.52. The number of benzene rings is 1. The standard InChI is InChI=1S/C16H19NO3/c18-11-17(13-8-9-13)16(15(19)20)10-4-3-6-12-5-1-2-7-14(12)16/h1-2,5,7,11,13H,3-4,6,8-10H2,(H,19,20). The topological polar surface area (TPSA) is 57.6 Å². The number of carbonyl (C=O) groups is 2. The first-order valence-corrected chi connectivity index (χ1v) is 7.25. The zero-order valence-corrected chi connectivity index (χ0v) is 11.4. The lowest BCUT2D eigenvalue weighted by molar-refractivity contribution is -0.157. The van der Waals surface area contributed by atoms with E-state index in [1.54, 1.807) is 4.90 Å². The predicted octanol–water partition coefficient (Wildman–Crippen LogP) is 2.31. The minimum atomic E-state index is -1.17. The highest BCUT2D eigenvalue weighted by molar-refractivity contribution is 5.84. The average Bonchev–Trinajstić information content (AvgIpc) is 3.27. The summed E-state index contributed by atoms with van der Waals surface area (Å²) in [6.07, 6.45) is 5.78. The summed E-state index contributed by atoms with van der Waals surface area (Å²) in [5.74, 6) is -0.897. The van der Waals surface area contributed by atoms with Crippen LogP contribution in [0.25, 0.3) is 0 Å². The maximum absolute atomic E-state index is 12.1. The van der Waals surface area contributed by atoms with Crippen molar-refractivity contribution in [3.63, 3.8) is 0 Å². The van der Waals surface area contributed by atoms with E-state index >= 15 is 0 Å². The Kier molecular flexibility index (Phi) is 3.24. The van der Waals surface area contributed by atoms with E-state index in [1.807, 2.05) is 24.3 Å². The van der Waals surface area contributed by atoms with E-state index < -0.39 is 11.5 Å². The molecule has 1 atom stereocenters. The van der Waals surface area contributed by atoms with Crippen LogP contribution in [0.2, 0.25) is 0 Å². The number of carboxylic acids is 1. The van der Waals surface area contributed by atoms with Gasteiger partial charge < -0.3 is 10.0 Å². The average molecular weight is 273 g/mol. The summed E-state index contributed by atoms with van der Waals surface area (Å²) in [6, 6.07) is 7.79. The first kappa shape index (κ1) is 13.2. The second-order valence-electron chi connectivity index (χ2n) is 5.77. The molecule has 0 radical (unpaired) electrons. The third-order valence-corrected chi connectivity index (χ3v) is 4.55. The molecule has 0 aromatic heterocycles. The molecule has 1 aromatic carbocycles. The van der Waals surface area contributed by atoms with Crippen molar-refractivity contribution in [2.75, 3.05) is 0 Å². The Labute approximate surface area is 118 Å². The molecule has 0 saturated heterocycles. The number of hydrogen-bond acceptors (Lipinski definition) is 2. The molecule has 0 bridgehead atoms. The Hall–Kier alpha value is -1.84. The number of nitrogens with zero attached hydrogens (tertiary/aromatic N) is 1. The zero-order valence-electron chi connectivity index (χ0n) is 11.4. The molecule has 3 rings (SSSR count). The Morgan fingerprint density at radius 1 is 1.30 bits per heavy atom. The molecule has 1 saturated carbocycles. The Bertz CT molecular complexity index is 538. The van der Waals surface area contributed by atoms with Crippen molar-refractivity contribution in [1.82, 2.24) is 4.90 Å². The van der Waals surface area contributed by atoms with Gasteiger partial charge in [-0.3, -0.25) is 4.79 Å². The number of amides is 1. The van der Waals surface area contributed by atoms with Crippen LogP contribution in [0.4, 0.5) is 0 Å².